The van der Waals surface area contributed by atoms with Gasteiger partial charge in [-0.2, -0.15) is 0 Å². The van der Waals surface area contributed by atoms with Gasteiger partial charge in [-0.1, -0.05) is 23.7 Å². The number of nitrogens with one attached hydrogen (secondary N) is 1. The average molecular weight is 332 g/mol. The van der Waals surface area contributed by atoms with E-state index in [1.807, 2.05) is 0 Å². The average Bonchev–Trinajstić information content (AvgIpc) is 2.90. The fourth-order valence-corrected chi connectivity index (χ4v) is 3.88. The largest absolute Gasteiger partial charge is 0.378 e. The van der Waals surface area contributed by atoms with Gasteiger partial charge in [0.05, 0.1) is 11.9 Å². The summed E-state index contributed by atoms with van der Waals surface area (Å²) >= 11 is 5.85. The quantitative estimate of drug-likeness (QED) is 0.745. The molecule has 1 saturated heterocycles. The van der Waals surface area contributed by atoms with Crippen LogP contribution in [0.15, 0.2) is 24.3 Å². The zero-order valence-corrected chi connectivity index (χ0v) is 13.6. The lowest BCUT2D eigenvalue weighted by Crippen LogP contribution is -2.26. The number of ether oxygens (including phenoxy) is 1. The van der Waals surface area contributed by atoms with E-state index in [2.05, 4.69) is 4.72 Å². The van der Waals surface area contributed by atoms with E-state index in [1.54, 1.807) is 24.3 Å². The van der Waals surface area contributed by atoms with Gasteiger partial charge in [0.25, 0.3) is 0 Å². The molecule has 0 aromatic heterocycles. The maximum Gasteiger partial charge on any atom is 0.215 e. The van der Waals surface area contributed by atoms with E-state index in [4.69, 9.17) is 16.3 Å². The number of benzene rings is 1. The highest BCUT2D eigenvalue weighted by Crippen LogP contribution is 2.17. The van der Waals surface area contributed by atoms with Crippen LogP contribution in [0.5, 0.6) is 0 Å². The second-order valence-electron chi connectivity index (χ2n) is 5.41. The summed E-state index contributed by atoms with van der Waals surface area (Å²) in [6.45, 7) is 1.35. The molecule has 0 radical (unpaired) electrons. The van der Waals surface area contributed by atoms with Crippen molar-refractivity contribution in [3.8, 4) is 0 Å². The number of halogens is 1. The number of hydrogen-bond acceptors (Lipinski definition) is 3. The van der Waals surface area contributed by atoms with Crippen molar-refractivity contribution in [1.29, 1.82) is 0 Å². The lowest BCUT2D eigenvalue weighted by Gasteiger charge is -2.09. The predicted molar refractivity (Wildman–Crippen MR) is 84.9 cm³/mol. The van der Waals surface area contributed by atoms with Gasteiger partial charge in [-0.05, 0) is 49.8 Å². The summed E-state index contributed by atoms with van der Waals surface area (Å²) in [6, 6.07) is 6.94. The Bertz CT molecular complexity index is 542. The zero-order valence-electron chi connectivity index (χ0n) is 12.1. The van der Waals surface area contributed by atoms with Crippen molar-refractivity contribution in [1.82, 2.24) is 4.72 Å². The summed E-state index contributed by atoms with van der Waals surface area (Å²) < 4.78 is 32.1. The van der Waals surface area contributed by atoms with E-state index in [1.165, 1.54) is 0 Å². The molecular formula is C15H22ClNO3S. The van der Waals surface area contributed by atoms with Gasteiger partial charge in [0, 0.05) is 18.2 Å². The molecule has 4 nitrogen and oxygen atoms in total. The molecule has 1 aromatic carbocycles. The third kappa shape index (κ3) is 6.34. The first-order valence-electron chi connectivity index (χ1n) is 7.38. The van der Waals surface area contributed by atoms with Crippen LogP contribution in [0, 0.1) is 0 Å². The van der Waals surface area contributed by atoms with E-state index >= 15 is 0 Å². The van der Waals surface area contributed by atoms with Crippen LogP contribution < -0.4 is 4.72 Å². The second-order valence-corrected chi connectivity index (χ2v) is 7.66. The molecule has 1 N–H and O–H groups in total. The van der Waals surface area contributed by atoms with Crippen LogP contribution in [0.4, 0.5) is 0 Å². The van der Waals surface area contributed by atoms with Gasteiger partial charge in [-0.3, -0.25) is 0 Å². The van der Waals surface area contributed by atoms with E-state index < -0.39 is 10.0 Å². The van der Waals surface area contributed by atoms with Crippen LogP contribution in [0.25, 0.3) is 0 Å². The molecule has 1 heterocycles. The number of sulfonamides is 1. The van der Waals surface area contributed by atoms with E-state index in [0.29, 0.717) is 23.2 Å². The molecule has 6 heteroatoms. The highest BCUT2D eigenvalue weighted by atomic mass is 35.5. The van der Waals surface area contributed by atoms with E-state index in [0.717, 1.165) is 38.7 Å². The smallest absolute Gasteiger partial charge is 0.215 e. The van der Waals surface area contributed by atoms with Crippen molar-refractivity contribution in [2.24, 2.45) is 0 Å². The minimum Gasteiger partial charge on any atom is -0.378 e. The Labute approximate surface area is 131 Å². The molecule has 0 spiro atoms. The summed E-state index contributed by atoms with van der Waals surface area (Å²) in [7, 11) is -3.29. The molecule has 1 aliphatic rings. The zero-order chi connectivity index (χ0) is 15.1. The maximum absolute atomic E-state index is 12.0. The number of rotatable bonds is 8. The van der Waals surface area contributed by atoms with Crippen LogP contribution in [0.2, 0.25) is 5.02 Å². The molecule has 1 atom stereocenters. The molecule has 0 amide bonds. The molecule has 1 fully saturated rings. The Hall–Kier alpha value is -0.620. The van der Waals surface area contributed by atoms with Crippen LogP contribution in [0.3, 0.4) is 0 Å². The van der Waals surface area contributed by atoms with Crippen molar-refractivity contribution in [2.75, 3.05) is 13.2 Å². The lowest BCUT2D eigenvalue weighted by atomic mass is 10.1. The monoisotopic (exact) mass is 331 g/mol. The minimum atomic E-state index is -3.29. The molecule has 0 aliphatic carbocycles. The Morgan fingerprint density at radius 3 is 2.90 bits per heavy atom. The first-order valence-corrected chi connectivity index (χ1v) is 9.41. The standard InChI is InChI=1S/C15H22ClNO3S/c16-14-6-3-5-13(11-14)12-21(18,19)17-9-2-1-7-15-8-4-10-20-15/h3,5-6,11,15,17H,1-2,4,7-10,12H2. The van der Waals surface area contributed by atoms with Gasteiger partial charge in [0.15, 0.2) is 0 Å². The van der Waals surface area contributed by atoms with Gasteiger partial charge in [0.1, 0.15) is 0 Å². The van der Waals surface area contributed by atoms with Crippen LogP contribution in [-0.4, -0.2) is 27.7 Å². The normalized spacial score (nSPS) is 19.0. The molecular weight excluding hydrogens is 310 g/mol. The molecule has 1 aliphatic heterocycles. The minimum absolute atomic E-state index is 0.0285. The van der Waals surface area contributed by atoms with Crippen LogP contribution in [0.1, 0.15) is 37.7 Å². The summed E-state index contributed by atoms with van der Waals surface area (Å²) in [5.74, 6) is -0.0285. The lowest BCUT2D eigenvalue weighted by molar-refractivity contribution is 0.102. The van der Waals surface area contributed by atoms with Gasteiger partial charge in [0.2, 0.25) is 10.0 Å². The summed E-state index contributed by atoms with van der Waals surface area (Å²) in [6.07, 6.45) is 5.53. The van der Waals surface area contributed by atoms with E-state index in [9.17, 15) is 8.42 Å². The number of hydrogen-bond donors (Lipinski definition) is 1. The Morgan fingerprint density at radius 2 is 2.19 bits per heavy atom. The van der Waals surface area contributed by atoms with Gasteiger partial charge in [-0.15, -0.1) is 0 Å². The summed E-state index contributed by atoms with van der Waals surface area (Å²) in [4.78, 5) is 0. The Morgan fingerprint density at radius 1 is 1.33 bits per heavy atom. The van der Waals surface area contributed by atoms with Crippen molar-refractivity contribution in [2.45, 2.75) is 44.0 Å². The maximum atomic E-state index is 12.0. The molecule has 0 saturated carbocycles. The second kappa shape index (κ2) is 8.13. The third-order valence-corrected chi connectivity index (χ3v) is 5.14. The first kappa shape index (κ1) is 16.7. The molecule has 21 heavy (non-hydrogen) atoms. The highest BCUT2D eigenvalue weighted by molar-refractivity contribution is 7.88. The van der Waals surface area contributed by atoms with Gasteiger partial charge < -0.3 is 4.74 Å². The summed E-state index contributed by atoms with van der Waals surface area (Å²) in [5.41, 5.74) is 0.703. The van der Waals surface area contributed by atoms with Crippen LogP contribution >= 0.6 is 11.6 Å². The topological polar surface area (TPSA) is 55.4 Å². The molecule has 118 valence electrons. The fourth-order valence-electron chi connectivity index (χ4n) is 2.49. The SMILES string of the molecule is O=S(=O)(Cc1cccc(Cl)c1)NCCCCC1CCCO1. The van der Waals surface area contributed by atoms with Crippen molar-refractivity contribution in [3.05, 3.63) is 34.9 Å². The molecule has 0 bridgehead atoms. The third-order valence-electron chi connectivity index (χ3n) is 3.54. The van der Waals surface area contributed by atoms with Gasteiger partial charge in [-0.25, -0.2) is 13.1 Å². The van der Waals surface area contributed by atoms with Crippen molar-refractivity contribution < 1.29 is 13.2 Å². The summed E-state index contributed by atoms with van der Waals surface area (Å²) in [5, 5.41) is 0.555. The Kier molecular flexibility index (Phi) is 6.48. The molecule has 1 unspecified atom stereocenters. The fraction of sp³-hybridized carbons (Fsp3) is 0.600. The molecule has 2 rings (SSSR count). The predicted octanol–water partition coefficient (Wildman–Crippen LogP) is 3.11. The molecule has 1 aromatic rings. The highest BCUT2D eigenvalue weighted by Gasteiger charge is 2.15. The first-order chi connectivity index (χ1) is 10.1. The van der Waals surface area contributed by atoms with Crippen molar-refractivity contribution in [3.63, 3.8) is 0 Å². The Balaban J connectivity index is 1.66. The van der Waals surface area contributed by atoms with Gasteiger partial charge >= 0.3 is 0 Å². The van der Waals surface area contributed by atoms with E-state index in [-0.39, 0.29) is 5.75 Å². The van der Waals surface area contributed by atoms with Crippen molar-refractivity contribution >= 4 is 21.6 Å². The number of unbranched alkanes of at least 4 members (excludes halogenated alkanes) is 1. The van der Waals surface area contributed by atoms with Crippen LogP contribution in [-0.2, 0) is 20.5 Å².